The maximum Gasteiger partial charge on any atom is 0.309 e. The van der Waals surface area contributed by atoms with E-state index in [1.807, 2.05) is 12.1 Å². The number of likely N-dealkylation sites (tertiary alicyclic amines) is 1. The van der Waals surface area contributed by atoms with Crippen molar-refractivity contribution in [3.63, 3.8) is 0 Å². The normalized spacial score (nSPS) is 24.4. The van der Waals surface area contributed by atoms with Crippen LogP contribution in [-0.4, -0.2) is 47.9 Å². The van der Waals surface area contributed by atoms with E-state index in [9.17, 15) is 4.79 Å². The van der Waals surface area contributed by atoms with Crippen LogP contribution in [0.1, 0.15) is 45.1 Å². The van der Waals surface area contributed by atoms with Gasteiger partial charge in [0.25, 0.3) is 0 Å². The lowest BCUT2D eigenvalue weighted by molar-refractivity contribution is -0.147. The summed E-state index contributed by atoms with van der Waals surface area (Å²) >= 11 is 0. The van der Waals surface area contributed by atoms with E-state index in [2.05, 4.69) is 30.9 Å². The van der Waals surface area contributed by atoms with Crippen LogP contribution in [0.2, 0.25) is 0 Å². The van der Waals surface area contributed by atoms with E-state index in [0.717, 1.165) is 31.7 Å². The summed E-state index contributed by atoms with van der Waals surface area (Å²) in [6.45, 7) is 7.09. The molecule has 0 aromatic heterocycles. The minimum absolute atomic E-state index is 0.196. The molecule has 0 unspecified atom stereocenters. The number of carbonyl (C=O) groups is 1. The van der Waals surface area contributed by atoms with Crippen molar-refractivity contribution in [2.75, 3.05) is 19.7 Å². The molecule has 1 saturated heterocycles. The monoisotopic (exact) mass is 361 g/mol. The van der Waals surface area contributed by atoms with Crippen molar-refractivity contribution < 1.29 is 19.4 Å². The molecule has 0 spiro atoms. The molecule has 26 heavy (non-hydrogen) atoms. The summed E-state index contributed by atoms with van der Waals surface area (Å²) in [7, 11) is 0. The molecule has 1 aromatic carbocycles. The molecule has 1 aliphatic carbocycles. The highest BCUT2D eigenvalue weighted by Crippen LogP contribution is 2.28. The van der Waals surface area contributed by atoms with E-state index in [1.165, 1.54) is 18.4 Å². The van der Waals surface area contributed by atoms with Crippen molar-refractivity contribution in [1.82, 2.24) is 4.90 Å². The second-order valence-electron chi connectivity index (χ2n) is 8.01. The van der Waals surface area contributed by atoms with E-state index in [0.29, 0.717) is 31.2 Å². The van der Waals surface area contributed by atoms with Gasteiger partial charge in [-0.1, -0.05) is 12.1 Å². The number of nitrogens with zero attached hydrogens (tertiary/aromatic N) is 1. The molecule has 3 rings (SSSR count). The molecule has 0 atom stereocenters. The van der Waals surface area contributed by atoms with Crippen LogP contribution < -0.4 is 4.74 Å². The highest BCUT2D eigenvalue weighted by atomic mass is 16.5. The van der Waals surface area contributed by atoms with Gasteiger partial charge in [0.2, 0.25) is 0 Å². The van der Waals surface area contributed by atoms with Gasteiger partial charge < -0.3 is 14.6 Å². The van der Waals surface area contributed by atoms with Crippen molar-refractivity contribution in [3.8, 4) is 5.75 Å². The minimum atomic E-state index is -0.685. The number of benzene rings is 1. The Morgan fingerprint density at radius 2 is 1.81 bits per heavy atom. The Hall–Kier alpha value is -1.59. The van der Waals surface area contributed by atoms with Gasteiger partial charge in [0.15, 0.2) is 0 Å². The third-order valence-electron chi connectivity index (χ3n) is 5.38. The highest BCUT2D eigenvalue weighted by molar-refractivity contribution is 5.71. The van der Waals surface area contributed by atoms with Crippen molar-refractivity contribution in [3.05, 3.63) is 29.8 Å². The molecule has 144 valence electrons. The summed E-state index contributed by atoms with van der Waals surface area (Å²) in [5, 5.41) is 8.92. The molecule has 5 nitrogen and oxygen atoms in total. The summed E-state index contributed by atoms with van der Waals surface area (Å²) in [5.74, 6) is 0.658. The van der Waals surface area contributed by atoms with Crippen LogP contribution in [-0.2, 0) is 16.1 Å². The van der Waals surface area contributed by atoms with E-state index in [4.69, 9.17) is 14.6 Å². The van der Waals surface area contributed by atoms with E-state index in [1.54, 1.807) is 0 Å². The number of carboxylic acids is 1. The fourth-order valence-corrected chi connectivity index (χ4v) is 3.84. The highest BCUT2D eigenvalue weighted by Gasteiger charge is 2.32. The Morgan fingerprint density at radius 1 is 1.15 bits per heavy atom. The fourth-order valence-electron chi connectivity index (χ4n) is 3.84. The number of rotatable bonds is 8. The maximum atomic E-state index is 10.8. The maximum absolute atomic E-state index is 10.8. The second-order valence-corrected chi connectivity index (χ2v) is 8.01. The summed E-state index contributed by atoms with van der Waals surface area (Å²) in [4.78, 5) is 13.0. The molecular formula is C21H31NO4. The lowest BCUT2D eigenvalue weighted by Gasteiger charge is -2.36. The second kappa shape index (κ2) is 8.87. The number of aliphatic carboxylic acids is 1. The van der Waals surface area contributed by atoms with Crippen LogP contribution in [0, 0.1) is 11.8 Å². The molecule has 1 aromatic rings. The molecule has 0 radical (unpaired) electrons. The Labute approximate surface area is 156 Å². The van der Waals surface area contributed by atoms with Gasteiger partial charge in [0, 0.05) is 19.6 Å². The van der Waals surface area contributed by atoms with Gasteiger partial charge in [-0.15, -0.1) is 0 Å². The predicted molar refractivity (Wildman–Crippen MR) is 100 cm³/mol. The zero-order valence-corrected chi connectivity index (χ0v) is 15.9. The molecule has 5 heteroatoms. The first-order valence-corrected chi connectivity index (χ1v) is 9.82. The van der Waals surface area contributed by atoms with Crippen molar-refractivity contribution in [2.24, 2.45) is 11.8 Å². The van der Waals surface area contributed by atoms with Crippen LogP contribution in [0.25, 0.3) is 0 Å². The van der Waals surface area contributed by atoms with Gasteiger partial charge in [0.1, 0.15) is 5.75 Å². The molecule has 0 bridgehead atoms. The van der Waals surface area contributed by atoms with Crippen molar-refractivity contribution in [2.45, 2.75) is 58.3 Å². The summed E-state index contributed by atoms with van der Waals surface area (Å²) in [6.07, 6.45) is 5.37. The van der Waals surface area contributed by atoms with Gasteiger partial charge in [0.05, 0.1) is 24.7 Å². The largest absolute Gasteiger partial charge is 0.493 e. The topological polar surface area (TPSA) is 59.0 Å². The van der Waals surface area contributed by atoms with Crippen molar-refractivity contribution in [1.29, 1.82) is 0 Å². The predicted octanol–water partition coefficient (Wildman–Crippen LogP) is 3.57. The zero-order chi connectivity index (χ0) is 18.5. The van der Waals surface area contributed by atoms with Gasteiger partial charge in [-0.25, -0.2) is 0 Å². The lowest BCUT2D eigenvalue weighted by Crippen LogP contribution is -2.49. The van der Waals surface area contributed by atoms with Gasteiger partial charge in [-0.3, -0.25) is 9.69 Å². The Balaban J connectivity index is 1.35. The molecular weight excluding hydrogens is 330 g/mol. The molecule has 0 amide bonds. The van der Waals surface area contributed by atoms with Gasteiger partial charge >= 0.3 is 5.97 Å². The van der Waals surface area contributed by atoms with Crippen LogP contribution in [0.15, 0.2) is 24.3 Å². The minimum Gasteiger partial charge on any atom is -0.493 e. The van der Waals surface area contributed by atoms with Crippen LogP contribution in [0.3, 0.4) is 0 Å². The number of ether oxygens (including phenoxy) is 2. The van der Waals surface area contributed by atoms with E-state index in [-0.39, 0.29) is 5.92 Å². The SMILES string of the molecule is CC(C)OC1CCC(COc2ccc(CN3CC(C(=O)O)C3)cc2)CC1. The first-order valence-electron chi connectivity index (χ1n) is 9.82. The Bertz CT molecular complexity index is 572. The molecule has 2 aliphatic rings. The number of hydrogen-bond acceptors (Lipinski definition) is 4. The Morgan fingerprint density at radius 3 is 2.38 bits per heavy atom. The van der Waals surface area contributed by atoms with E-state index >= 15 is 0 Å². The summed E-state index contributed by atoms with van der Waals surface area (Å²) in [6, 6.07) is 8.21. The van der Waals surface area contributed by atoms with Crippen LogP contribution >= 0.6 is 0 Å². The smallest absolute Gasteiger partial charge is 0.309 e. The number of carboxylic acid groups (broad SMARTS) is 1. The van der Waals surface area contributed by atoms with Crippen molar-refractivity contribution >= 4 is 5.97 Å². The van der Waals surface area contributed by atoms with Crippen LogP contribution in [0.4, 0.5) is 0 Å². The van der Waals surface area contributed by atoms with Gasteiger partial charge in [-0.2, -0.15) is 0 Å². The standard InChI is InChI=1S/C21H31NO4/c1-15(2)26-20-9-5-17(6-10-20)14-25-19-7-3-16(4-8-19)11-22-12-18(13-22)21(23)24/h3-4,7-8,15,17-18,20H,5-6,9-14H2,1-2H3,(H,23,24). The molecule has 1 heterocycles. The third-order valence-corrected chi connectivity index (χ3v) is 5.38. The van der Waals surface area contributed by atoms with Gasteiger partial charge in [-0.05, 0) is 63.1 Å². The fraction of sp³-hybridized carbons (Fsp3) is 0.667. The molecule has 1 N–H and O–H groups in total. The summed E-state index contributed by atoms with van der Waals surface area (Å²) < 4.78 is 11.9. The average molecular weight is 361 g/mol. The quantitative estimate of drug-likeness (QED) is 0.767. The van der Waals surface area contributed by atoms with Crippen LogP contribution in [0.5, 0.6) is 5.75 Å². The molecule has 1 aliphatic heterocycles. The zero-order valence-electron chi connectivity index (χ0n) is 15.9. The first kappa shape index (κ1) is 19.2. The molecule has 2 fully saturated rings. The molecule has 1 saturated carbocycles. The third kappa shape index (κ3) is 5.45. The summed E-state index contributed by atoms with van der Waals surface area (Å²) in [5.41, 5.74) is 1.20. The lowest BCUT2D eigenvalue weighted by atomic mass is 9.88. The average Bonchev–Trinajstić information content (AvgIpc) is 2.57. The van der Waals surface area contributed by atoms with E-state index < -0.39 is 5.97 Å². The Kier molecular flexibility index (Phi) is 6.54. The first-order chi connectivity index (χ1) is 12.5. The number of hydrogen-bond donors (Lipinski definition) is 1.